The molecule has 0 N–H and O–H groups in total. The van der Waals surface area contributed by atoms with Gasteiger partial charge in [0.2, 0.25) is 5.91 Å². The molecule has 28 heavy (non-hydrogen) atoms. The molecule has 1 spiro atoms. The second-order valence-electron chi connectivity index (χ2n) is 8.42. The van der Waals surface area contributed by atoms with Crippen LogP contribution in [0.4, 0.5) is 0 Å². The molecule has 4 rings (SSSR count). The molecule has 2 saturated heterocycles. The largest absolute Gasteiger partial charge is 0.336 e. The number of carbonyl (C=O) groups is 1. The van der Waals surface area contributed by atoms with E-state index in [0.29, 0.717) is 13.0 Å². The van der Waals surface area contributed by atoms with Gasteiger partial charge in [-0.2, -0.15) is 0 Å². The fourth-order valence-corrected chi connectivity index (χ4v) is 4.82. The first-order valence-electron chi connectivity index (χ1n) is 10.5. The molecule has 2 aliphatic heterocycles. The van der Waals surface area contributed by atoms with Crippen LogP contribution in [0.15, 0.2) is 48.9 Å². The molecule has 2 fully saturated rings. The average Bonchev–Trinajstić information content (AvgIpc) is 2.73. The molecule has 0 aliphatic carbocycles. The third-order valence-electron chi connectivity index (χ3n) is 6.23. The number of hydrogen-bond acceptors (Lipinski definition) is 4. The molecule has 0 unspecified atom stereocenters. The maximum atomic E-state index is 12.5. The third kappa shape index (κ3) is 4.76. The van der Waals surface area contributed by atoms with Crippen molar-refractivity contribution in [3.8, 4) is 0 Å². The van der Waals surface area contributed by atoms with Gasteiger partial charge in [-0.25, -0.2) is 0 Å². The lowest BCUT2D eigenvalue weighted by atomic mass is 9.73. The van der Waals surface area contributed by atoms with E-state index in [2.05, 4.69) is 20.9 Å². The molecular formula is C23H30N4O. The Morgan fingerprint density at radius 3 is 2.86 bits per heavy atom. The Balaban J connectivity index is 1.33. The van der Waals surface area contributed by atoms with E-state index in [-0.39, 0.29) is 11.3 Å². The fraction of sp³-hybridized carbons (Fsp3) is 0.522. The van der Waals surface area contributed by atoms with Crippen LogP contribution >= 0.6 is 0 Å². The predicted molar refractivity (Wildman–Crippen MR) is 110 cm³/mol. The highest BCUT2D eigenvalue weighted by molar-refractivity contribution is 5.77. The van der Waals surface area contributed by atoms with E-state index in [1.54, 1.807) is 0 Å². The molecule has 148 valence electrons. The summed E-state index contributed by atoms with van der Waals surface area (Å²) in [5.74, 6) is 0.282. The Hall–Kier alpha value is -2.27. The first-order chi connectivity index (χ1) is 13.7. The van der Waals surface area contributed by atoms with E-state index < -0.39 is 0 Å². The molecule has 1 amide bonds. The van der Waals surface area contributed by atoms with Crippen LogP contribution in [0.5, 0.6) is 0 Å². The molecule has 4 heterocycles. The topological polar surface area (TPSA) is 49.3 Å². The van der Waals surface area contributed by atoms with Gasteiger partial charge in [-0.1, -0.05) is 12.1 Å². The van der Waals surface area contributed by atoms with Gasteiger partial charge in [0.1, 0.15) is 0 Å². The zero-order chi connectivity index (χ0) is 19.2. The minimum atomic E-state index is 0.259. The van der Waals surface area contributed by atoms with Crippen molar-refractivity contribution >= 4 is 5.91 Å². The fourth-order valence-electron chi connectivity index (χ4n) is 4.82. The summed E-state index contributed by atoms with van der Waals surface area (Å²) in [4.78, 5) is 25.8. The lowest BCUT2D eigenvalue weighted by Gasteiger charge is -2.48. The zero-order valence-electron chi connectivity index (χ0n) is 16.6. The van der Waals surface area contributed by atoms with Gasteiger partial charge in [-0.3, -0.25) is 14.8 Å². The molecule has 0 radical (unpaired) electrons. The van der Waals surface area contributed by atoms with E-state index in [1.165, 1.54) is 31.4 Å². The first-order valence-corrected chi connectivity index (χ1v) is 10.5. The molecule has 1 atom stereocenters. The van der Waals surface area contributed by atoms with Crippen molar-refractivity contribution in [2.45, 2.75) is 45.1 Å². The van der Waals surface area contributed by atoms with Gasteiger partial charge in [0, 0.05) is 43.5 Å². The van der Waals surface area contributed by atoms with Crippen LogP contribution in [0.3, 0.4) is 0 Å². The van der Waals surface area contributed by atoms with Gasteiger partial charge in [0.15, 0.2) is 0 Å². The summed E-state index contributed by atoms with van der Waals surface area (Å²) in [6.45, 7) is 4.95. The number of hydrogen-bond donors (Lipinski definition) is 0. The second kappa shape index (κ2) is 8.82. The highest BCUT2D eigenvalue weighted by Crippen LogP contribution is 2.39. The van der Waals surface area contributed by atoms with E-state index in [4.69, 9.17) is 0 Å². The molecule has 0 aromatic carbocycles. The lowest BCUT2D eigenvalue weighted by Crippen LogP contribution is -2.53. The Morgan fingerprint density at radius 2 is 2.04 bits per heavy atom. The summed E-state index contributed by atoms with van der Waals surface area (Å²) >= 11 is 0. The van der Waals surface area contributed by atoms with Crippen LogP contribution in [0.1, 0.15) is 43.4 Å². The summed E-state index contributed by atoms with van der Waals surface area (Å²) in [6.07, 6.45) is 12.0. The number of carbonyl (C=O) groups excluding carboxylic acids is 1. The maximum absolute atomic E-state index is 12.5. The number of pyridine rings is 2. The summed E-state index contributed by atoms with van der Waals surface area (Å²) in [7, 11) is 0. The normalized spacial score (nSPS) is 23.3. The Morgan fingerprint density at radius 1 is 1.07 bits per heavy atom. The minimum Gasteiger partial charge on any atom is -0.336 e. The highest BCUT2D eigenvalue weighted by atomic mass is 16.2. The smallest absolute Gasteiger partial charge is 0.222 e. The standard InChI is InChI=1S/C23H30N4O/c28-22-9-11-23(19-27(22)17-21-8-1-2-13-25-21)10-5-15-26(18-23)14-4-7-20-6-3-12-24-16-20/h1-3,6,8,12-13,16H,4-5,7,9-11,14-15,17-19H2/t23-/m0/s1. The van der Waals surface area contributed by atoms with Crippen LogP contribution in [-0.2, 0) is 17.8 Å². The van der Waals surface area contributed by atoms with E-state index in [0.717, 1.165) is 38.2 Å². The van der Waals surface area contributed by atoms with Crippen LogP contribution in [0, 0.1) is 5.41 Å². The van der Waals surface area contributed by atoms with Crippen molar-refractivity contribution in [2.24, 2.45) is 5.41 Å². The van der Waals surface area contributed by atoms with Crippen molar-refractivity contribution < 1.29 is 4.79 Å². The minimum absolute atomic E-state index is 0.259. The van der Waals surface area contributed by atoms with Crippen molar-refractivity contribution in [1.82, 2.24) is 19.8 Å². The van der Waals surface area contributed by atoms with Gasteiger partial charge in [-0.15, -0.1) is 0 Å². The number of piperidine rings is 2. The molecule has 0 bridgehead atoms. The molecule has 2 aliphatic rings. The van der Waals surface area contributed by atoms with Crippen LogP contribution < -0.4 is 0 Å². The van der Waals surface area contributed by atoms with Crippen molar-refractivity contribution in [3.63, 3.8) is 0 Å². The molecule has 5 heteroatoms. The number of aryl methyl sites for hydroxylation is 1. The van der Waals surface area contributed by atoms with E-state index >= 15 is 0 Å². The van der Waals surface area contributed by atoms with Crippen molar-refractivity contribution in [3.05, 3.63) is 60.2 Å². The van der Waals surface area contributed by atoms with E-state index in [1.807, 2.05) is 47.8 Å². The summed E-state index contributed by atoms with van der Waals surface area (Å²) in [5.41, 5.74) is 2.56. The summed E-state index contributed by atoms with van der Waals surface area (Å²) in [6, 6.07) is 10.1. The number of amides is 1. The Bertz CT molecular complexity index is 767. The number of rotatable bonds is 6. The number of likely N-dealkylation sites (tertiary alicyclic amines) is 2. The number of aromatic nitrogens is 2. The highest BCUT2D eigenvalue weighted by Gasteiger charge is 2.41. The van der Waals surface area contributed by atoms with Crippen molar-refractivity contribution in [2.75, 3.05) is 26.2 Å². The lowest BCUT2D eigenvalue weighted by molar-refractivity contribution is -0.140. The maximum Gasteiger partial charge on any atom is 0.222 e. The molecule has 5 nitrogen and oxygen atoms in total. The Kier molecular flexibility index (Phi) is 6.01. The summed E-state index contributed by atoms with van der Waals surface area (Å²) < 4.78 is 0. The predicted octanol–water partition coefficient (Wildman–Crippen LogP) is 3.31. The first kappa shape index (κ1) is 19.1. The van der Waals surface area contributed by atoms with Crippen LogP contribution in [-0.4, -0.2) is 51.9 Å². The monoisotopic (exact) mass is 378 g/mol. The summed E-state index contributed by atoms with van der Waals surface area (Å²) in [5, 5.41) is 0. The number of nitrogens with zero attached hydrogens (tertiary/aromatic N) is 4. The molecular weight excluding hydrogens is 348 g/mol. The molecule has 2 aromatic rings. The van der Waals surface area contributed by atoms with Gasteiger partial charge in [0.05, 0.1) is 12.2 Å². The average molecular weight is 379 g/mol. The van der Waals surface area contributed by atoms with Gasteiger partial charge in [0.25, 0.3) is 0 Å². The zero-order valence-corrected chi connectivity index (χ0v) is 16.6. The van der Waals surface area contributed by atoms with Gasteiger partial charge < -0.3 is 9.80 Å². The SMILES string of the molecule is O=C1CC[C@]2(CCCN(CCCc3cccnc3)C2)CN1Cc1ccccn1. The second-order valence-corrected chi connectivity index (χ2v) is 8.42. The van der Waals surface area contributed by atoms with Crippen LogP contribution in [0.25, 0.3) is 0 Å². The van der Waals surface area contributed by atoms with Gasteiger partial charge in [-0.05, 0) is 69.0 Å². The van der Waals surface area contributed by atoms with Gasteiger partial charge >= 0.3 is 0 Å². The van der Waals surface area contributed by atoms with Crippen molar-refractivity contribution in [1.29, 1.82) is 0 Å². The van der Waals surface area contributed by atoms with E-state index in [9.17, 15) is 4.79 Å². The molecule has 2 aromatic heterocycles. The Labute approximate surface area is 167 Å². The third-order valence-corrected chi connectivity index (χ3v) is 6.23. The quantitative estimate of drug-likeness (QED) is 0.774. The molecule has 0 saturated carbocycles. The van der Waals surface area contributed by atoms with Crippen LogP contribution in [0.2, 0.25) is 0 Å².